The maximum Gasteiger partial charge on any atom is 0.344 e. The van der Waals surface area contributed by atoms with Crippen LogP contribution in [0.25, 0.3) is 10.9 Å². The molecule has 0 aliphatic heterocycles. The lowest BCUT2D eigenvalue weighted by Crippen LogP contribution is -2.17. The van der Waals surface area contributed by atoms with Gasteiger partial charge in [0.15, 0.2) is 5.78 Å². The highest BCUT2D eigenvalue weighted by Gasteiger charge is 2.28. The molecule has 168 valence electrons. The molecule has 8 heteroatoms. The number of carbonyl (C=O) groups is 3. The largest absolute Gasteiger partial charge is 0.462 e. The van der Waals surface area contributed by atoms with Crippen molar-refractivity contribution in [2.24, 2.45) is 0 Å². The number of thioether (sulfide) groups is 1. The Balaban J connectivity index is 1.80. The molecule has 0 radical (unpaired) electrons. The third-order valence-corrected chi connectivity index (χ3v) is 5.86. The lowest BCUT2D eigenvalue weighted by atomic mass is 10.0. The number of carbonyl (C=O) groups excluding carboxylic acids is 3. The maximum atomic E-state index is 12.6. The van der Waals surface area contributed by atoms with Gasteiger partial charge >= 0.3 is 5.97 Å². The van der Waals surface area contributed by atoms with Crippen molar-refractivity contribution in [1.82, 2.24) is 4.98 Å². The molecule has 0 saturated heterocycles. The van der Waals surface area contributed by atoms with Gasteiger partial charge in [0.2, 0.25) is 11.8 Å². The van der Waals surface area contributed by atoms with E-state index in [4.69, 9.17) is 14.1 Å². The Labute approximate surface area is 190 Å². The molecule has 0 atom stereocenters. The molecule has 0 aliphatic carbocycles. The highest BCUT2D eigenvalue weighted by Crippen LogP contribution is 2.30. The highest BCUT2D eigenvalue weighted by atomic mass is 32.2. The third kappa shape index (κ3) is 4.85. The number of esters is 1. The number of hydrogen-bond acceptors (Lipinski definition) is 7. The van der Waals surface area contributed by atoms with Crippen molar-refractivity contribution in [3.05, 3.63) is 51.8 Å². The van der Waals surface area contributed by atoms with Gasteiger partial charge < -0.3 is 9.15 Å². The van der Waals surface area contributed by atoms with Crippen molar-refractivity contribution in [3.63, 3.8) is 0 Å². The topological polar surface area (TPSA) is 98.5 Å². The number of anilines is 1. The summed E-state index contributed by atoms with van der Waals surface area (Å²) in [4.78, 5) is 41.7. The zero-order valence-corrected chi connectivity index (χ0v) is 19.9. The van der Waals surface area contributed by atoms with E-state index in [-0.39, 0.29) is 46.8 Å². The maximum absolute atomic E-state index is 12.6. The summed E-state index contributed by atoms with van der Waals surface area (Å²) in [5.74, 6) is -1.21. The van der Waals surface area contributed by atoms with Gasteiger partial charge in [0.25, 0.3) is 0 Å². The summed E-state index contributed by atoms with van der Waals surface area (Å²) >= 11 is 1.28. The summed E-state index contributed by atoms with van der Waals surface area (Å²) in [7, 11) is 0. The zero-order chi connectivity index (χ0) is 23.6. The average molecular weight is 455 g/mol. The summed E-state index contributed by atoms with van der Waals surface area (Å²) in [6.07, 6.45) is 0. The Morgan fingerprint density at radius 1 is 1.06 bits per heavy atom. The number of rotatable bonds is 7. The molecular weight excluding hydrogens is 428 g/mol. The predicted octanol–water partition coefficient (Wildman–Crippen LogP) is 5.17. The normalized spacial score (nSPS) is 10.9. The second kappa shape index (κ2) is 9.56. The monoisotopic (exact) mass is 454 g/mol. The van der Waals surface area contributed by atoms with Crippen molar-refractivity contribution in [3.8, 4) is 0 Å². The van der Waals surface area contributed by atoms with E-state index < -0.39 is 5.97 Å². The van der Waals surface area contributed by atoms with Crippen molar-refractivity contribution in [1.29, 1.82) is 0 Å². The number of hydrogen-bond donors (Lipinski definition) is 1. The molecule has 0 bridgehead atoms. The number of pyridine rings is 1. The molecule has 0 spiro atoms. The zero-order valence-electron chi connectivity index (χ0n) is 19.0. The van der Waals surface area contributed by atoms with Crippen LogP contribution in [0.4, 0.5) is 5.88 Å². The van der Waals surface area contributed by atoms with Gasteiger partial charge in [-0.05, 0) is 64.8 Å². The number of ether oxygens (including phenoxy) is 1. The van der Waals surface area contributed by atoms with Gasteiger partial charge in [-0.1, -0.05) is 23.4 Å². The van der Waals surface area contributed by atoms with Crippen LogP contribution in [0.1, 0.15) is 57.0 Å². The number of benzene rings is 1. The molecule has 0 fully saturated rings. The molecule has 0 unspecified atom stereocenters. The predicted molar refractivity (Wildman–Crippen MR) is 125 cm³/mol. The van der Waals surface area contributed by atoms with E-state index in [1.807, 2.05) is 19.9 Å². The van der Waals surface area contributed by atoms with Crippen LogP contribution in [-0.4, -0.2) is 35.0 Å². The molecule has 32 heavy (non-hydrogen) atoms. The molecule has 1 N–H and O–H groups in total. The molecule has 2 heterocycles. The van der Waals surface area contributed by atoms with E-state index in [1.165, 1.54) is 24.2 Å². The Kier molecular flexibility index (Phi) is 7.03. The number of fused-ring (bicyclic) bond motifs is 1. The van der Waals surface area contributed by atoms with Gasteiger partial charge in [-0.3, -0.25) is 14.9 Å². The number of amides is 1. The summed E-state index contributed by atoms with van der Waals surface area (Å²) in [5.41, 5.74) is 4.32. The number of aromatic nitrogens is 1. The first-order valence-electron chi connectivity index (χ1n) is 10.2. The van der Waals surface area contributed by atoms with Crippen LogP contribution in [0.2, 0.25) is 0 Å². The molecule has 7 nitrogen and oxygen atoms in total. The van der Waals surface area contributed by atoms with Gasteiger partial charge in [-0.2, -0.15) is 0 Å². The van der Waals surface area contributed by atoms with Crippen molar-refractivity contribution < 1.29 is 23.5 Å². The molecule has 1 aromatic carbocycles. The quantitative estimate of drug-likeness (QED) is 0.299. The lowest BCUT2D eigenvalue weighted by molar-refractivity contribution is -0.113. The second-order valence-electron chi connectivity index (χ2n) is 7.61. The van der Waals surface area contributed by atoms with Gasteiger partial charge in [0.1, 0.15) is 11.3 Å². The van der Waals surface area contributed by atoms with Crippen LogP contribution in [0.15, 0.2) is 27.6 Å². The average Bonchev–Trinajstić information content (AvgIpc) is 3.03. The van der Waals surface area contributed by atoms with E-state index in [9.17, 15) is 14.4 Å². The van der Waals surface area contributed by atoms with Crippen LogP contribution in [0.5, 0.6) is 0 Å². The van der Waals surface area contributed by atoms with Crippen molar-refractivity contribution >= 4 is 46.2 Å². The number of ketones is 1. The minimum atomic E-state index is -0.713. The minimum Gasteiger partial charge on any atom is -0.462 e. The van der Waals surface area contributed by atoms with Crippen LogP contribution in [-0.2, 0) is 9.53 Å². The third-order valence-electron chi connectivity index (χ3n) is 4.95. The highest BCUT2D eigenvalue weighted by molar-refractivity contribution is 7.99. The summed E-state index contributed by atoms with van der Waals surface area (Å²) < 4.78 is 10.6. The van der Waals surface area contributed by atoms with E-state index >= 15 is 0 Å². The molecule has 3 aromatic rings. The number of aryl methyl sites for hydroxylation is 4. The van der Waals surface area contributed by atoms with E-state index in [1.54, 1.807) is 13.8 Å². The van der Waals surface area contributed by atoms with Crippen LogP contribution >= 0.6 is 11.8 Å². The fourth-order valence-corrected chi connectivity index (χ4v) is 4.41. The van der Waals surface area contributed by atoms with Gasteiger partial charge in [-0.15, -0.1) is 0 Å². The summed E-state index contributed by atoms with van der Waals surface area (Å²) in [6.45, 7) is 10.8. The van der Waals surface area contributed by atoms with Gasteiger partial charge in [0.05, 0.1) is 28.5 Å². The fourth-order valence-electron chi connectivity index (χ4n) is 3.65. The second-order valence-corrected chi connectivity index (χ2v) is 8.60. The standard InChI is InChI=1S/C24H26N2O5S/c1-7-30-24(29)21-20(15(5)27)16(6)31-23(21)25-18(28)11-32-19-10-13(3)17-9-12(2)8-14(4)22(17)26-19/h8-10H,7,11H2,1-6H3,(H,25,28). The summed E-state index contributed by atoms with van der Waals surface area (Å²) in [6, 6.07) is 6.14. The lowest BCUT2D eigenvalue weighted by Gasteiger charge is -2.10. The first-order valence-corrected chi connectivity index (χ1v) is 11.2. The van der Waals surface area contributed by atoms with Crippen LogP contribution in [0.3, 0.4) is 0 Å². The van der Waals surface area contributed by atoms with E-state index in [2.05, 4.69) is 24.4 Å². The van der Waals surface area contributed by atoms with E-state index in [0.717, 1.165) is 27.1 Å². The van der Waals surface area contributed by atoms with Crippen molar-refractivity contribution in [2.45, 2.75) is 46.6 Å². The van der Waals surface area contributed by atoms with Gasteiger partial charge in [-0.25, -0.2) is 9.78 Å². The van der Waals surface area contributed by atoms with Crippen LogP contribution < -0.4 is 5.32 Å². The Hall–Kier alpha value is -3.13. The fraction of sp³-hybridized carbons (Fsp3) is 0.333. The van der Waals surface area contributed by atoms with Gasteiger partial charge in [0, 0.05) is 5.39 Å². The number of nitrogens with one attached hydrogen (secondary N) is 1. The van der Waals surface area contributed by atoms with Crippen molar-refractivity contribution in [2.75, 3.05) is 17.7 Å². The smallest absolute Gasteiger partial charge is 0.344 e. The first-order chi connectivity index (χ1) is 15.1. The Morgan fingerprint density at radius 3 is 2.44 bits per heavy atom. The first kappa shape index (κ1) is 23.5. The minimum absolute atomic E-state index is 0.0548. The number of nitrogens with zero attached hydrogens (tertiary/aromatic N) is 1. The Bertz CT molecular complexity index is 1230. The molecule has 2 aromatic heterocycles. The van der Waals surface area contributed by atoms with E-state index in [0.29, 0.717) is 0 Å². The van der Waals surface area contributed by atoms with Crippen LogP contribution in [0, 0.1) is 27.7 Å². The number of furan rings is 1. The summed E-state index contributed by atoms with van der Waals surface area (Å²) in [5, 5.41) is 4.42. The molecular formula is C24H26N2O5S. The Morgan fingerprint density at radius 2 is 1.78 bits per heavy atom. The molecule has 3 rings (SSSR count). The molecule has 0 saturated carbocycles. The number of Topliss-reactive ketones (excluding diaryl/α,β-unsaturated/α-hetero) is 1. The SMILES string of the molecule is CCOC(=O)c1c(NC(=O)CSc2cc(C)c3cc(C)cc(C)c3n2)oc(C)c1C(C)=O. The molecule has 1 amide bonds. The molecule has 0 aliphatic rings.